The maximum Gasteiger partial charge on any atom is 0.0992 e. The van der Waals surface area contributed by atoms with Crippen LogP contribution in [0.15, 0.2) is 18.2 Å². The highest BCUT2D eigenvalue weighted by Crippen LogP contribution is 2.30. The van der Waals surface area contributed by atoms with Gasteiger partial charge in [0.25, 0.3) is 0 Å². The van der Waals surface area contributed by atoms with Gasteiger partial charge in [-0.05, 0) is 38.8 Å². The number of rotatable bonds is 7. The molecule has 1 N–H and O–H groups in total. The van der Waals surface area contributed by atoms with E-state index in [0.717, 1.165) is 37.1 Å². The van der Waals surface area contributed by atoms with E-state index >= 15 is 0 Å². The minimum Gasteiger partial charge on any atom is -0.389 e. The van der Waals surface area contributed by atoms with E-state index < -0.39 is 6.10 Å². The van der Waals surface area contributed by atoms with Crippen molar-refractivity contribution in [3.63, 3.8) is 0 Å². The summed E-state index contributed by atoms with van der Waals surface area (Å²) in [7, 11) is 0. The predicted molar refractivity (Wildman–Crippen MR) is 83.8 cm³/mol. The van der Waals surface area contributed by atoms with Crippen molar-refractivity contribution in [2.24, 2.45) is 0 Å². The quantitative estimate of drug-likeness (QED) is 0.817. The van der Waals surface area contributed by atoms with Crippen LogP contribution in [0.3, 0.4) is 0 Å². The van der Waals surface area contributed by atoms with E-state index in [1.165, 1.54) is 0 Å². The number of aliphatic hydroxyl groups is 1. The molecule has 2 atom stereocenters. The van der Waals surface area contributed by atoms with Gasteiger partial charge in [0.15, 0.2) is 0 Å². The van der Waals surface area contributed by atoms with Crippen LogP contribution < -0.4 is 4.90 Å². The second-order valence-electron chi connectivity index (χ2n) is 5.37. The van der Waals surface area contributed by atoms with E-state index in [0.29, 0.717) is 11.6 Å². The first-order valence-corrected chi connectivity index (χ1v) is 7.53. The molecule has 0 aliphatic carbocycles. The molecule has 0 aromatic heterocycles. The third-order valence-corrected chi connectivity index (χ3v) is 3.79. The Morgan fingerprint density at radius 1 is 1.30 bits per heavy atom. The fourth-order valence-electron chi connectivity index (χ4n) is 2.34. The van der Waals surface area contributed by atoms with Crippen LogP contribution in [0.25, 0.3) is 0 Å². The number of nitriles is 1. The number of aliphatic hydroxyl groups excluding tert-OH is 1. The Kier molecular flexibility index (Phi) is 6.54. The zero-order chi connectivity index (χ0) is 15.1. The maximum atomic E-state index is 9.99. The highest BCUT2D eigenvalue weighted by Gasteiger charge is 2.18. The van der Waals surface area contributed by atoms with Crippen molar-refractivity contribution in [1.29, 1.82) is 5.26 Å². The summed E-state index contributed by atoms with van der Waals surface area (Å²) < 4.78 is 0. The molecule has 3 nitrogen and oxygen atoms in total. The summed E-state index contributed by atoms with van der Waals surface area (Å²) in [5.74, 6) is 0. The molecule has 1 aromatic rings. The summed E-state index contributed by atoms with van der Waals surface area (Å²) >= 11 is 0. The maximum absolute atomic E-state index is 9.99. The fraction of sp³-hybridized carbons (Fsp3) is 0.588. The Bertz CT molecular complexity index is 463. The molecule has 20 heavy (non-hydrogen) atoms. The molecule has 0 radical (unpaired) electrons. The molecule has 0 saturated heterocycles. The normalized spacial score (nSPS) is 13.6. The molecule has 0 heterocycles. The minimum absolute atomic E-state index is 0.396. The third kappa shape index (κ3) is 3.98. The van der Waals surface area contributed by atoms with Crippen LogP contribution in [0.2, 0.25) is 0 Å². The van der Waals surface area contributed by atoms with Crippen LogP contribution in [-0.4, -0.2) is 17.7 Å². The topological polar surface area (TPSA) is 47.3 Å². The molecular weight excluding hydrogens is 248 g/mol. The molecule has 0 aliphatic heterocycles. The van der Waals surface area contributed by atoms with E-state index in [1.54, 1.807) is 13.0 Å². The van der Waals surface area contributed by atoms with Gasteiger partial charge in [0.1, 0.15) is 0 Å². The Balaban J connectivity index is 3.24. The van der Waals surface area contributed by atoms with Crippen molar-refractivity contribution in [3.05, 3.63) is 29.3 Å². The van der Waals surface area contributed by atoms with Crippen molar-refractivity contribution in [1.82, 2.24) is 0 Å². The zero-order valence-corrected chi connectivity index (χ0v) is 13.1. The van der Waals surface area contributed by atoms with Crippen LogP contribution in [0.1, 0.15) is 64.2 Å². The smallest absolute Gasteiger partial charge is 0.0992 e. The number of hydrogen-bond acceptors (Lipinski definition) is 3. The van der Waals surface area contributed by atoms with Gasteiger partial charge in [0, 0.05) is 23.8 Å². The van der Waals surface area contributed by atoms with Crippen LogP contribution in [0, 0.1) is 11.3 Å². The molecule has 0 spiro atoms. The van der Waals surface area contributed by atoms with Crippen molar-refractivity contribution in [2.45, 2.75) is 59.1 Å². The largest absolute Gasteiger partial charge is 0.389 e. The minimum atomic E-state index is -0.522. The highest BCUT2D eigenvalue weighted by atomic mass is 16.3. The molecule has 3 heteroatoms. The van der Waals surface area contributed by atoms with Crippen LogP contribution in [-0.2, 0) is 0 Å². The summed E-state index contributed by atoms with van der Waals surface area (Å²) in [6.07, 6.45) is 2.76. The van der Waals surface area contributed by atoms with Crippen LogP contribution >= 0.6 is 0 Å². The van der Waals surface area contributed by atoms with E-state index in [1.807, 2.05) is 12.1 Å². The van der Waals surface area contributed by atoms with Crippen molar-refractivity contribution >= 4 is 5.69 Å². The molecule has 0 fully saturated rings. The Morgan fingerprint density at radius 3 is 2.50 bits per heavy atom. The average molecular weight is 274 g/mol. The summed E-state index contributed by atoms with van der Waals surface area (Å²) in [5, 5.41) is 19.1. The second-order valence-corrected chi connectivity index (χ2v) is 5.37. The van der Waals surface area contributed by atoms with Gasteiger partial charge in [-0.25, -0.2) is 0 Å². The fourth-order valence-corrected chi connectivity index (χ4v) is 2.34. The number of hydrogen-bond donors (Lipinski definition) is 1. The van der Waals surface area contributed by atoms with Crippen molar-refractivity contribution in [3.8, 4) is 6.07 Å². The first-order chi connectivity index (χ1) is 9.54. The standard InChI is InChI=1S/C17H26N2O/c1-5-7-10-19(13(3)6-2)17-11-15(12-18)8-9-16(17)14(4)20/h8-9,11,13-14,20H,5-7,10H2,1-4H3. The molecule has 0 saturated carbocycles. The van der Waals surface area contributed by atoms with Gasteiger partial charge in [-0.15, -0.1) is 0 Å². The summed E-state index contributed by atoms with van der Waals surface area (Å²) in [4.78, 5) is 2.33. The van der Waals surface area contributed by atoms with Gasteiger partial charge in [-0.1, -0.05) is 26.3 Å². The van der Waals surface area contributed by atoms with Gasteiger partial charge in [-0.3, -0.25) is 0 Å². The molecule has 0 bridgehead atoms. The van der Waals surface area contributed by atoms with Gasteiger partial charge >= 0.3 is 0 Å². The lowest BCUT2D eigenvalue weighted by Crippen LogP contribution is -2.34. The molecule has 0 amide bonds. The first kappa shape index (κ1) is 16.5. The van der Waals surface area contributed by atoms with Gasteiger partial charge < -0.3 is 10.0 Å². The Labute approximate surface area is 122 Å². The number of anilines is 1. The molecular formula is C17H26N2O. The number of nitrogens with zero attached hydrogens (tertiary/aromatic N) is 2. The highest BCUT2D eigenvalue weighted by molar-refractivity contribution is 5.59. The van der Waals surface area contributed by atoms with Crippen molar-refractivity contribution < 1.29 is 5.11 Å². The van der Waals surface area contributed by atoms with Gasteiger partial charge in [0.2, 0.25) is 0 Å². The zero-order valence-electron chi connectivity index (χ0n) is 13.1. The molecule has 1 rings (SSSR count). The Hall–Kier alpha value is -1.53. The van der Waals surface area contributed by atoms with Crippen LogP contribution in [0.4, 0.5) is 5.69 Å². The van der Waals surface area contributed by atoms with Gasteiger partial charge in [-0.2, -0.15) is 5.26 Å². The lowest BCUT2D eigenvalue weighted by Gasteiger charge is -2.33. The van der Waals surface area contributed by atoms with Crippen LogP contribution in [0.5, 0.6) is 0 Å². The summed E-state index contributed by atoms with van der Waals surface area (Å²) in [6, 6.07) is 8.15. The summed E-state index contributed by atoms with van der Waals surface area (Å²) in [6.45, 7) is 9.27. The van der Waals surface area contributed by atoms with E-state index in [2.05, 4.69) is 31.7 Å². The summed E-state index contributed by atoms with van der Waals surface area (Å²) in [5.41, 5.74) is 2.55. The molecule has 1 aromatic carbocycles. The lowest BCUT2D eigenvalue weighted by molar-refractivity contribution is 0.199. The monoisotopic (exact) mass is 274 g/mol. The predicted octanol–water partition coefficient (Wildman–Crippen LogP) is 4.02. The number of benzene rings is 1. The molecule has 2 unspecified atom stereocenters. The second kappa shape index (κ2) is 7.91. The average Bonchev–Trinajstić information content (AvgIpc) is 2.46. The molecule has 110 valence electrons. The third-order valence-electron chi connectivity index (χ3n) is 3.79. The van der Waals surface area contributed by atoms with Crippen molar-refractivity contribution in [2.75, 3.05) is 11.4 Å². The van der Waals surface area contributed by atoms with E-state index in [-0.39, 0.29) is 0 Å². The van der Waals surface area contributed by atoms with Gasteiger partial charge in [0.05, 0.1) is 17.7 Å². The molecule has 0 aliphatic rings. The first-order valence-electron chi connectivity index (χ1n) is 7.53. The Morgan fingerprint density at radius 2 is 2.00 bits per heavy atom. The van der Waals surface area contributed by atoms with E-state index in [9.17, 15) is 5.11 Å². The number of unbranched alkanes of at least 4 members (excludes halogenated alkanes) is 1. The van der Waals surface area contributed by atoms with E-state index in [4.69, 9.17) is 5.26 Å². The lowest BCUT2D eigenvalue weighted by atomic mass is 10.0. The SMILES string of the molecule is CCCCN(c1cc(C#N)ccc1C(C)O)C(C)CC.